The number of nitrogens with zero attached hydrogens (tertiary/aromatic N) is 1. The number of hydrogen-bond acceptors (Lipinski definition) is 3. The number of H-pyrrole nitrogens is 1. The molecule has 0 radical (unpaired) electrons. The van der Waals surface area contributed by atoms with E-state index in [1.807, 2.05) is 19.1 Å². The molecule has 0 fully saturated rings. The molecule has 0 bridgehead atoms. The van der Waals surface area contributed by atoms with E-state index >= 15 is 0 Å². The molecule has 0 saturated carbocycles. The van der Waals surface area contributed by atoms with Gasteiger partial charge in [0.15, 0.2) is 0 Å². The predicted molar refractivity (Wildman–Crippen MR) is 71.2 cm³/mol. The van der Waals surface area contributed by atoms with E-state index in [9.17, 15) is 8.42 Å². The van der Waals surface area contributed by atoms with Crippen molar-refractivity contribution in [1.29, 1.82) is 0 Å². The van der Waals surface area contributed by atoms with Crippen molar-refractivity contribution in [3.05, 3.63) is 47.3 Å². The normalized spacial score (nSPS) is 18.5. The quantitative estimate of drug-likeness (QED) is 0.896. The van der Waals surface area contributed by atoms with Gasteiger partial charge < -0.3 is 0 Å². The van der Waals surface area contributed by atoms with Gasteiger partial charge in [-0.3, -0.25) is 5.10 Å². The van der Waals surface area contributed by atoms with Gasteiger partial charge in [-0.05, 0) is 30.9 Å². The monoisotopic (exact) mass is 277 g/mol. The van der Waals surface area contributed by atoms with Crippen LogP contribution in [0.3, 0.4) is 0 Å². The van der Waals surface area contributed by atoms with Crippen LogP contribution in [0.25, 0.3) is 0 Å². The van der Waals surface area contributed by atoms with Crippen LogP contribution in [0.1, 0.15) is 29.2 Å². The molecule has 0 aliphatic heterocycles. The zero-order valence-electron chi connectivity index (χ0n) is 10.6. The number of aromatic amines is 1. The smallest absolute Gasteiger partial charge is 0.244 e. The summed E-state index contributed by atoms with van der Waals surface area (Å²) in [6, 6.07) is 6.01. The molecule has 1 aliphatic carbocycles. The number of aromatic nitrogens is 2. The van der Waals surface area contributed by atoms with Crippen molar-refractivity contribution in [3.63, 3.8) is 0 Å². The molecule has 2 aromatic rings. The largest absolute Gasteiger partial charge is 0.284 e. The summed E-state index contributed by atoms with van der Waals surface area (Å²) in [7, 11) is -3.50. The summed E-state index contributed by atoms with van der Waals surface area (Å²) in [5, 5.41) is 6.19. The van der Waals surface area contributed by atoms with Crippen molar-refractivity contribution in [2.24, 2.45) is 0 Å². The lowest BCUT2D eigenvalue weighted by atomic mass is 10.1. The van der Waals surface area contributed by atoms with Crippen molar-refractivity contribution < 1.29 is 8.42 Å². The van der Waals surface area contributed by atoms with Crippen LogP contribution in [0, 0.1) is 6.92 Å². The van der Waals surface area contributed by atoms with E-state index in [0.29, 0.717) is 0 Å². The first-order chi connectivity index (χ1) is 9.06. The Kier molecular flexibility index (Phi) is 2.91. The lowest BCUT2D eigenvalue weighted by Crippen LogP contribution is -2.27. The van der Waals surface area contributed by atoms with E-state index in [2.05, 4.69) is 21.0 Å². The number of aryl methyl sites for hydroxylation is 2. The zero-order valence-corrected chi connectivity index (χ0v) is 11.4. The minimum Gasteiger partial charge on any atom is -0.284 e. The fraction of sp³-hybridized carbons (Fsp3) is 0.308. The Morgan fingerprint density at radius 3 is 3.00 bits per heavy atom. The van der Waals surface area contributed by atoms with E-state index in [0.717, 1.165) is 18.4 Å². The maximum atomic E-state index is 12.2. The molecule has 19 heavy (non-hydrogen) atoms. The molecule has 0 amide bonds. The van der Waals surface area contributed by atoms with E-state index < -0.39 is 10.0 Å². The average Bonchev–Trinajstić information content (AvgIpc) is 2.98. The summed E-state index contributed by atoms with van der Waals surface area (Å²) in [4.78, 5) is 0.174. The number of rotatable bonds is 3. The predicted octanol–water partition coefficient (Wildman–Crippen LogP) is 1.68. The molecule has 1 heterocycles. The van der Waals surface area contributed by atoms with Crippen LogP contribution in [0.15, 0.2) is 35.5 Å². The van der Waals surface area contributed by atoms with Crippen molar-refractivity contribution in [1.82, 2.24) is 14.9 Å². The number of benzene rings is 1. The Morgan fingerprint density at radius 2 is 2.26 bits per heavy atom. The minimum absolute atomic E-state index is 0.143. The van der Waals surface area contributed by atoms with Gasteiger partial charge in [0.1, 0.15) is 4.90 Å². The Balaban J connectivity index is 1.88. The van der Waals surface area contributed by atoms with Crippen LogP contribution in [-0.4, -0.2) is 18.6 Å². The van der Waals surface area contributed by atoms with Gasteiger partial charge in [-0.1, -0.05) is 23.8 Å². The van der Waals surface area contributed by atoms with Crippen molar-refractivity contribution in [2.75, 3.05) is 0 Å². The Bertz CT molecular complexity index is 693. The highest BCUT2D eigenvalue weighted by atomic mass is 32.2. The average molecular weight is 277 g/mol. The fourth-order valence-electron chi connectivity index (χ4n) is 2.51. The van der Waals surface area contributed by atoms with Crippen LogP contribution < -0.4 is 4.72 Å². The summed E-state index contributed by atoms with van der Waals surface area (Å²) < 4.78 is 27.1. The van der Waals surface area contributed by atoms with E-state index in [4.69, 9.17) is 0 Å². The number of sulfonamides is 1. The molecular weight excluding hydrogens is 262 g/mol. The highest BCUT2D eigenvalue weighted by Gasteiger charge is 2.27. The number of nitrogens with one attached hydrogen (secondary N) is 2. The SMILES string of the molecule is Cc1ccc2c(c1)CC[C@H]2NS(=O)(=O)c1cn[nH]c1. The van der Waals surface area contributed by atoms with Crippen LogP contribution in [-0.2, 0) is 16.4 Å². The summed E-state index contributed by atoms with van der Waals surface area (Å²) in [6.07, 6.45) is 4.41. The van der Waals surface area contributed by atoms with Crippen LogP contribution in [0.4, 0.5) is 0 Å². The molecule has 0 unspecified atom stereocenters. The second kappa shape index (κ2) is 4.47. The van der Waals surface area contributed by atoms with E-state index in [1.165, 1.54) is 23.5 Å². The second-order valence-corrected chi connectivity index (χ2v) is 6.56. The molecule has 1 aromatic heterocycles. The van der Waals surface area contributed by atoms with Crippen LogP contribution in [0.5, 0.6) is 0 Å². The lowest BCUT2D eigenvalue weighted by molar-refractivity contribution is 0.554. The first-order valence-corrected chi connectivity index (χ1v) is 7.65. The summed E-state index contributed by atoms with van der Waals surface area (Å²) in [5.41, 5.74) is 3.52. The highest BCUT2D eigenvalue weighted by molar-refractivity contribution is 7.89. The van der Waals surface area contributed by atoms with Gasteiger partial charge in [0, 0.05) is 12.2 Å². The highest BCUT2D eigenvalue weighted by Crippen LogP contribution is 2.32. The Morgan fingerprint density at radius 1 is 1.42 bits per heavy atom. The first kappa shape index (κ1) is 12.4. The van der Waals surface area contributed by atoms with Gasteiger partial charge in [0.05, 0.1) is 6.20 Å². The van der Waals surface area contributed by atoms with Gasteiger partial charge >= 0.3 is 0 Å². The van der Waals surface area contributed by atoms with Gasteiger partial charge in [0.2, 0.25) is 10.0 Å². The molecule has 100 valence electrons. The van der Waals surface area contributed by atoms with Crippen LogP contribution >= 0.6 is 0 Å². The molecule has 3 rings (SSSR count). The maximum Gasteiger partial charge on any atom is 0.244 e. The summed E-state index contributed by atoms with van der Waals surface area (Å²) in [5.74, 6) is 0. The molecule has 0 spiro atoms. The third-order valence-electron chi connectivity index (χ3n) is 3.46. The molecule has 1 aliphatic rings. The van der Waals surface area contributed by atoms with Gasteiger partial charge in [0.25, 0.3) is 0 Å². The van der Waals surface area contributed by atoms with Crippen LogP contribution in [0.2, 0.25) is 0 Å². The Hall–Kier alpha value is -1.66. The van der Waals surface area contributed by atoms with Gasteiger partial charge in [-0.25, -0.2) is 13.1 Å². The summed E-state index contributed by atoms with van der Waals surface area (Å²) >= 11 is 0. The molecule has 0 saturated heterocycles. The third-order valence-corrected chi connectivity index (χ3v) is 4.90. The molecular formula is C13H15N3O2S. The number of hydrogen-bond donors (Lipinski definition) is 2. The maximum absolute atomic E-state index is 12.2. The third kappa shape index (κ3) is 2.29. The van der Waals surface area contributed by atoms with Crippen molar-refractivity contribution in [3.8, 4) is 0 Å². The zero-order chi connectivity index (χ0) is 13.5. The first-order valence-electron chi connectivity index (χ1n) is 6.17. The standard InChI is InChI=1S/C13H15N3O2S/c1-9-2-4-12-10(6-9)3-5-13(12)16-19(17,18)11-7-14-15-8-11/h2,4,6-8,13,16H,3,5H2,1H3,(H,14,15)/t13-/m1/s1. The van der Waals surface area contributed by atoms with Gasteiger partial charge in [-0.2, -0.15) is 5.10 Å². The lowest BCUT2D eigenvalue weighted by Gasteiger charge is -2.13. The topological polar surface area (TPSA) is 74.8 Å². The second-order valence-electron chi connectivity index (χ2n) is 4.85. The van der Waals surface area contributed by atoms with Crippen molar-refractivity contribution in [2.45, 2.75) is 30.7 Å². The minimum atomic E-state index is -3.50. The van der Waals surface area contributed by atoms with E-state index in [-0.39, 0.29) is 10.9 Å². The van der Waals surface area contributed by atoms with E-state index in [1.54, 1.807) is 0 Å². The molecule has 1 aromatic carbocycles. The van der Waals surface area contributed by atoms with Gasteiger partial charge in [-0.15, -0.1) is 0 Å². The molecule has 6 heteroatoms. The Labute approximate surface area is 112 Å². The molecule has 5 nitrogen and oxygen atoms in total. The van der Waals surface area contributed by atoms with Crippen molar-refractivity contribution >= 4 is 10.0 Å². The summed E-state index contributed by atoms with van der Waals surface area (Å²) in [6.45, 7) is 2.04. The fourth-order valence-corrected chi connectivity index (χ4v) is 3.66. The molecule has 2 N–H and O–H groups in total. The number of fused-ring (bicyclic) bond motifs is 1. The molecule has 1 atom stereocenters.